The smallest absolute Gasteiger partial charge is 0.203 e. The molecule has 5 rings (SSSR count). The molecule has 0 radical (unpaired) electrons. The fourth-order valence-electron chi connectivity index (χ4n) is 2.94. The maximum absolute atomic E-state index is 6.15. The predicted octanol–water partition coefficient (Wildman–Crippen LogP) is 3.72. The SMILES string of the molecule is c1ccc(-n2c(Sc3ncccn3)nnc2C2COc3ccccc3O2)cc1. The molecule has 0 amide bonds. The van der Waals surface area contributed by atoms with Crippen LogP contribution in [0.1, 0.15) is 11.9 Å². The van der Waals surface area contributed by atoms with Gasteiger partial charge in [0.15, 0.2) is 28.6 Å². The minimum absolute atomic E-state index is 0.356. The molecule has 8 heteroatoms. The van der Waals surface area contributed by atoms with Crippen LogP contribution in [0.25, 0.3) is 5.69 Å². The van der Waals surface area contributed by atoms with E-state index in [2.05, 4.69) is 20.2 Å². The van der Waals surface area contributed by atoms with Gasteiger partial charge in [0.25, 0.3) is 0 Å². The van der Waals surface area contributed by atoms with Crippen LogP contribution in [-0.4, -0.2) is 31.3 Å². The molecule has 2 aromatic carbocycles. The number of fused-ring (bicyclic) bond motifs is 1. The summed E-state index contributed by atoms with van der Waals surface area (Å²) in [6, 6.07) is 19.3. The number of para-hydroxylation sites is 3. The molecule has 4 aromatic rings. The first kappa shape index (κ1) is 16.8. The van der Waals surface area contributed by atoms with Crippen molar-refractivity contribution < 1.29 is 9.47 Å². The molecular weight excluding hydrogens is 374 g/mol. The van der Waals surface area contributed by atoms with Gasteiger partial charge in [-0.15, -0.1) is 10.2 Å². The highest BCUT2D eigenvalue weighted by Gasteiger charge is 2.29. The highest BCUT2D eigenvalue weighted by atomic mass is 32.2. The van der Waals surface area contributed by atoms with E-state index in [1.807, 2.05) is 59.2 Å². The molecule has 28 heavy (non-hydrogen) atoms. The van der Waals surface area contributed by atoms with Crippen LogP contribution >= 0.6 is 11.8 Å². The van der Waals surface area contributed by atoms with Gasteiger partial charge in [-0.1, -0.05) is 30.3 Å². The fourth-order valence-corrected chi connectivity index (χ4v) is 3.70. The summed E-state index contributed by atoms with van der Waals surface area (Å²) in [5.74, 6) is 2.10. The van der Waals surface area contributed by atoms with Gasteiger partial charge >= 0.3 is 0 Å². The molecular formula is C20H15N5O2S. The molecule has 2 aromatic heterocycles. The summed E-state index contributed by atoms with van der Waals surface area (Å²) in [6.07, 6.45) is 3.02. The largest absolute Gasteiger partial charge is 0.485 e. The molecule has 0 N–H and O–H groups in total. The molecule has 3 heterocycles. The van der Waals surface area contributed by atoms with Gasteiger partial charge < -0.3 is 9.47 Å². The summed E-state index contributed by atoms with van der Waals surface area (Å²) in [5.41, 5.74) is 0.934. The van der Waals surface area contributed by atoms with Crippen LogP contribution < -0.4 is 9.47 Å². The van der Waals surface area contributed by atoms with Crippen LogP contribution in [0.3, 0.4) is 0 Å². The van der Waals surface area contributed by atoms with Crippen LogP contribution in [0.4, 0.5) is 0 Å². The average molecular weight is 389 g/mol. The van der Waals surface area contributed by atoms with Crippen molar-refractivity contribution in [3.05, 3.63) is 78.9 Å². The zero-order chi connectivity index (χ0) is 18.8. The fraction of sp³-hybridized carbons (Fsp3) is 0.100. The van der Waals surface area contributed by atoms with E-state index in [4.69, 9.17) is 9.47 Å². The Hall–Kier alpha value is -3.39. The number of ether oxygens (including phenoxy) is 2. The first-order valence-corrected chi connectivity index (χ1v) is 9.54. The first-order chi connectivity index (χ1) is 13.9. The normalized spacial score (nSPS) is 15.4. The molecule has 0 bridgehead atoms. The van der Waals surface area contributed by atoms with Crippen molar-refractivity contribution in [2.75, 3.05) is 6.61 Å². The van der Waals surface area contributed by atoms with Crippen molar-refractivity contribution in [1.82, 2.24) is 24.7 Å². The van der Waals surface area contributed by atoms with Gasteiger partial charge in [-0.25, -0.2) is 9.97 Å². The molecule has 7 nitrogen and oxygen atoms in total. The van der Waals surface area contributed by atoms with Crippen molar-refractivity contribution in [3.8, 4) is 17.2 Å². The second-order valence-electron chi connectivity index (χ2n) is 6.01. The van der Waals surface area contributed by atoms with Crippen LogP contribution in [0.5, 0.6) is 11.5 Å². The third-order valence-corrected chi connectivity index (χ3v) is 5.03. The molecule has 1 aliphatic heterocycles. The van der Waals surface area contributed by atoms with E-state index in [1.165, 1.54) is 11.8 Å². The van der Waals surface area contributed by atoms with Gasteiger partial charge in [0.05, 0.1) is 0 Å². The Bertz CT molecular complexity index is 1090. The number of hydrogen-bond donors (Lipinski definition) is 0. The number of benzene rings is 2. The minimum Gasteiger partial charge on any atom is -0.485 e. The molecule has 0 saturated heterocycles. The molecule has 0 saturated carbocycles. The molecule has 1 unspecified atom stereocenters. The molecule has 0 fully saturated rings. The van der Waals surface area contributed by atoms with Gasteiger partial charge in [0.2, 0.25) is 5.16 Å². The average Bonchev–Trinajstić information content (AvgIpc) is 3.18. The summed E-state index contributed by atoms with van der Waals surface area (Å²) < 4.78 is 14.0. The second kappa shape index (κ2) is 7.32. The van der Waals surface area contributed by atoms with Gasteiger partial charge in [-0.3, -0.25) is 4.57 Å². The Kier molecular flexibility index (Phi) is 4.38. The Morgan fingerprint density at radius 2 is 1.61 bits per heavy atom. The van der Waals surface area contributed by atoms with Crippen molar-refractivity contribution in [1.29, 1.82) is 0 Å². The standard InChI is InChI=1S/C20H15N5O2S/c1-2-7-14(8-3-1)25-18(17-13-26-15-9-4-5-10-16(15)27-17)23-24-20(25)28-19-21-11-6-12-22-19/h1-12,17H,13H2. The van der Waals surface area contributed by atoms with Crippen LogP contribution in [0.2, 0.25) is 0 Å². The highest BCUT2D eigenvalue weighted by molar-refractivity contribution is 7.99. The quantitative estimate of drug-likeness (QED) is 0.492. The third kappa shape index (κ3) is 3.18. The Labute approximate surface area is 165 Å². The van der Waals surface area contributed by atoms with Crippen molar-refractivity contribution >= 4 is 11.8 Å². The van der Waals surface area contributed by atoms with E-state index in [0.717, 1.165) is 11.4 Å². The maximum atomic E-state index is 6.15. The van der Waals surface area contributed by atoms with Gasteiger partial charge in [-0.2, -0.15) is 0 Å². The van der Waals surface area contributed by atoms with E-state index in [0.29, 0.717) is 28.5 Å². The van der Waals surface area contributed by atoms with Gasteiger partial charge in [0.1, 0.15) is 6.61 Å². The lowest BCUT2D eigenvalue weighted by atomic mass is 10.2. The molecule has 1 aliphatic rings. The van der Waals surface area contributed by atoms with Crippen molar-refractivity contribution in [2.24, 2.45) is 0 Å². The summed E-state index contributed by atoms with van der Waals surface area (Å²) in [7, 11) is 0. The first-order valence-electron chi connectivity index (χ1n) is 8.72. The summed E-state index contributed by atoms with van der Waals surface area (Å²) in [5, 5.41) is 10.1. The number of nitrogens with zero attached hydrogens (tertiary/aromatic N) is 5. The third-order valence-electron chi connectivity index (χ3n) is 4.19. The van der Waals surface area contributed by atoms with E-state index >= 15 is 0 Å². The van der Waals surface area contributed by atoms with E-state index in [1.54, 1.807) is 18.5 Å². The molecule has 0 aliphatic carbocycles. The molecule has 0 spiro atoms. The zero-order valence-electron chi connectivity index (χ0n) is 14.7. The summed E-state index contributed by atoms with van der Waals surface area (Å²) >= 11 is 1.35. The van der Waals surface area contributed by atoms with Crippen LogP contribution in [0.15, 0.2) is 83.4 Å². The van der Waals surface area contributed by atoms with E-state index < -0.39 is 0 Å². The number of rotatable bonds is 4. The lowest BCUT2D eigenvalue weighted by molar-refractivity contribution is 0.0835. The van der Waals surface area contributed by atoms with Crippen LogP contribution in [-0.2, 0) is 0 Å². The molecule has 138 valence electrons. The number of aromatic nitrogens is 5. The number of hydrogen-bond acceptors (Lipinski definition) is 7. The monoisotopic (exact) mass is 389 g/mol. The Morgan fingerprint density at radius 3 is 2.43 bits per heavy atom. The topological polar surface area (TPSA) is 75.0 Å². The summed E-state index contributed by atoms with van der Waals surface area (Å²) in [4.78, 5) is 8.55. The lowest BCUT2D eigenvalue weighted by Gasteiger charge is -2.26. The second-order valence-corrected chi connectivity index (χ2v) is 6.94. The van der Waals surface area contributed by atoms with Crippen molar-refractivity contribution in [2.45, 2.75) is 16.4 Å². The van der Waals surface area contributed by atoms with E-state index in [-0.39, 0.29) is 6.10 Å². The lowest BCUT2D eigenvalue weighted by Crippen LogP contribution is -2.24. The zero-order valence-corrected chi connectivity index (χ0v) is 15.5. The summed E-state index contributed by atoms with van der Waals surface area (Å²) in [6.45, 7) is 0.356. The predicted molar refractivity (Wildman–Crippen MR) is 103 cm³/mol. The van der Waals surface area contributed by atoms with Crippen molar-refractivity contribution in [3.63, 3.8) is 0 Å². The molecule has 1 atom stereocenters. The van der Waals surface area contributed by atoms with Gasteiger partial charge in [0, 0.05) is 18.1 Å². The minimum atomic E-state index is -0.381. The highest BCUT2D eigenvalue weighted by Crippen LogP contribution is 2.37. The Morgan fingerprint density at radius 1 is 0.857 bits per heavy atom. The Balaban J connectivity index is 1.55. The van der Waals surface area contributed by atoms with Crippen LogP contribution in [0, 0.1) is 0 Å². The van der Waals surface area contributed by atoms with Gasteiger partial charge in [-0.05, 0) is 42.1 Å². The van der Waals surface area contributed by atoms with E-state index in [9.17, 15) is 0 Å². The maximum Gasteiger partial charge on any atom is 0.203 e.